The highest BCUT2D eigenvalue weighted by Crippen LogP contribution is 2.36. The summed E-state index contributed by atoms with van der Waals surface area (Å²) < 4.78 is 10.9. The number of ether oxygens (including phenoxy) is 2. The van der Waals surface area contributed by atoms with Crippen LogP contribution in [-0.2, 0) is 33.0 Å². The van der Waals surface area contributed by atoms with Crippen LogP contribution in [0.15, 0.2) is 54.6 Å². The summed E-state index contributed by atoms with van der Waals surface area (Å²) in [7, 11) is 0. The molecule has 1 amide bonds. The van der Waals surface area contributed by atoms with Crippen LogP contribution in [0.4, 0.5) is 4.79 Å². The van der Waals surface area contributed by atoms with Crippen molar-refractivity contribution >= 4 is 12.1 Å². The van der Waals surface area contributed by atoms with Crippen LogP contribution in [0, 0.1) is 0 Å². The number of hydrogen-bond acceptors (Lipinski definition) is 4. The van der Waals surface area contributed by atoms with Crippen molar-refractivity contribution in [1.82, 2.24) is 4.90 Å². The molecule has 0 aliphatic carbocycles. The molecule has 1 aliphatic heterocycles. The summed E-state index contributed by atoms with van der Waals surface area (Å²) in [6.45, 7) is 2.19. The fourth-order valence-electron chi connectivity index (χ4n) is 3.30. The average Bonchev–Trinajstić information content (AvgIpc) is 2.67. The minimum Gasteiger partial charge on any atom is -0.479 e. The minimum atomic E-state index is -1.60. The zero-order valence-electron chi connectivity index (χ0n) is 14.6. The molecule has 1 heterocycles. The number of carboxylic acid groups (broad SMARTS) is 1. The Morgan fingerprint density at radius 1 is 1.15 bits per heavy atom. The van der Waals surface area contributed by atoms with Crippen LogP contribution in [0.3, 0.4) is 0 Å². The highest BCUT2D eigenvalue weighted by molar-refractivity contribution is 5.87. The maximum atomic E-state index is 12.8. The van der Waals surface area contributed by atoms with Gasteiger partial charge in [0.05, 0.1) is 13.2 Å². The first-order chi connectivity index (χ1) is 12.6. The molecule has 0 radical (unpaired) electrons. The Balaban J connectivity index is 1.91. The number of rotatable bonds is 5. The molecular formula is C20H21NO5. The second-order valence-electron chi connectivity index (χ2n) is 6.10. The van der Waals surface area contributed by atoms with Gasteiger partial charge >= 0.3 is 12.1 Å². The highest BCUT2D eigenvalue weighted by atomic mass is 16.6. The highest BCUT2D eigenvalue weighted by Gasteiger charge is 2.51. The first-order valence-corrected chi connectivity index (χ1v) is 8.47. The Morgan fingerprint density at radius 2 is 1.85 bits per heavy atom. The molecule has 1 unspecified atom stereocenters. The lowest BCUT2D eigenvalue weighted by molar-refractivity contribution is -0.158. The molecule has 0 saturated heterocycles. The van der Waals surface area contributed by atoms with Gasteiger partial charge < -0.3 is 14.6 Å². The van der Waals surface area contributed by atoms with Gasteiger partial charge in [-0.05, 0) is 23.6 Å². The Hall–Kier alpha value is -2.86. The SMILES string of the molecule is CCN(C(=O)OCc1ccccc1)C1(C(=O)O)COCc2ccccc21. The zero-order valence-corrected chi connectivity index (χ0v) is 14.6. The van der Waals surface area contributed by atoms with Gasteiger partial charge in [-0.15, -0.1) is 0 Å². The molecule has 1 N–H and O–H groups in total. The number of nitrogens with zero attached hydrogens (tertiary/aromatic N) is 1. The second-order valence-corrected chi connectivity index (χ2v) is 6.10. The van der Waals surface area contributed by atoms with E-state index in [1.165, 1.54) is 4.90 Å². The van der Waals surface area contributed by atoms with Crippen LogP contribution in [0.25, 0.3) is 0 Å². The Labute approximate surface area is 152 Å². The minimum absolute atomic E-state index is 0.0778. The molecule has 0 aromatic heterocycles. The van der Waals surface area contributed by atoms with E-state index in [4.69, 9.17) is 9.47 Å². The predicted octanol–water partition coefficient (Wildman–Crippen LogP) is 3.16. The summed E-state index contributed by atoms with van der Waals surface area (Å²) in [5.74, 6) is -1.14. The van der Waals surface area contributed by atoms with Crippen LogP contribution in [0.1, 0.15) is 23.6 Å². The molecule has 2 aromatic carbocycles. The van der Waals surface area contributed by atoms with Crippen LogP contribution >= 0.6 is 0 Å². The summed E-state index contributed by atoms with van der Waals surface area (Å²) >= 11 is 0. The molecule has 0 fully saturated rings. The van der Waals surface area contributed by atoms with Gasteiger partial charge in [-0.1, -0.05) is 54.6 Å². The van der Waals surface area contributed by atoms with Crippen molar-refractivity contribution in [3.8, 4) is 0 Å². The molecule has 1 aliphatic rings. The van der Waals surface area contributed by atoms with Crippen LogP contribution < -0.4 is 0 Å². The van der Waals surface area contributed by atoms with Gasteiger partial charge in [0.25, 0.3) is 0 Å². The monoisotopic (exact) mass is 355 g/mol. The first-order valence-electron chi connectivity index (χ1n) is 8.47. The second kappa shape index (κ2) is 7.58. The van der Waals surface area contributed by atoms with Crippen molar-refractivity contribution in [1.29, 1.82) is 0 Å². The fourth-order valence-corrected chi connectivity index (χ4v) is 3.30. The summed E-state index contributed by atoms with van der Waals surface area (Å²) in [4.78, 5) is 26.3. The number of benzene rings is 2. The molecular weight excluding hydrogens is 334 g/mol. The Bertz CT molecular complexity index is 792. The number of aliphatic carboxylic acids is 1. The lowest BCUT2D eigenvalue weighted by Crippen LogP contribution is -2.59. The van der Waals surface area contributed by atoms with Crippen molar-refractivity contribution in [3.63, 3.8) is 0 Å². The van der Waals surface area contributed by atoms with E-state index in [-0.39, 0.29) is 19.8 Å². The summed E-state index contributed by atoms with van der Waals surface area (Å²) in [5, 5.41) is 10.0. The first kappa shape index (κ1) is 17.9. The largest absolute Gasteiger partial charge is 0.479 e. The topological polar surface area (TPSA) is 76.1 Å². The van der Waals surface area contributed by atoms with E-state index in [1.807, 2.05) is 42.5 Å². The Kier molecular flexibility index (Phi) is 5.23. The van der Waals surface area contributed by atoms with Crippen LogP contribution in [-0.4, -0.2) is 35.2 Å². The molecule has 2 aromatic rings. The smallest absolute Gasteiger partial charge is 0.411 e. The van der Waals surface area contributed by atoms with E-state index in [0.717, 1.165) is 11.1 Å². The average molecular weight is 355 g/mol. The van der Waals surface area contributed by atoms with Gasteiger partial charge in [0, 0.05) is 6.54 Å². The molecule has 0 spiro atoms. The number of fused-ring (bicyclic) bond motifs is 1. The standard InChI is InChI=1S/C20H21NO5/c1-2-21(19(24)26-12-15-8-4-3-5-9-15)20(18(22)23)14-25-13-16-10-6-7-11-17(16)20/h3-11H,2,12-14H2,1H3,(H,22,23). The molecule has 6 nitrogen and oxygen atoms in total. The van der Waals surface area contributed by atoms with Crippen LogP contribution in [0.2, 0.25) is 0 Å². The third-order valence-corrected chi connectivity index (χ3v) is 4.59. The fraction of sp³-hybridized carbons (Fsp3) is 0.300. The molecule has 3 rings (SSSR count). The lowest BCUT2D eigenvalue weighted by atomic mass is 9.84. The Morgan fingerprint density at radius 3 is 2.54 bits per heavy atom. The van der Waals surface area contributed by atoms with Crippen LogP contribution in [0.5, 0.6) is 0 Å². The molecule has 136 valence electrons. The summed E-state index contributed by atoms with van der Waals surface area (Å²) in [6, 6.07) is 16.4. The predicted molar refractivity (Wildman–Crippen MR) is 94.4 cm³/mol. The van der Waals surface area contributed by atoms with Gasteiger partial charge in [0.1, 0.15) is 6.61 Å². The number of carbonyl (C=O) groups excluding carboxylic acids is 1. The lowest BCUT2D eigenvalue weighted by Gasteiger charge is -2.42. The van der Waals surface area contributed by atoms with Gasteiger partial charge in [0.15, 0.2) is 5.54 Å². The third-order valence-electron chi connectivity index (χ3n) is 4.59. The van der Waals surface area contributed by atoms with Crippen molar-refractivity contribution in [2.75, 3.05) is 13.2 Å². The summed E-state index contributed by atoms with van der Waals surface area (Å²) in [5.41, 5.74) is 0.562. The summed E-state index contributed by atoms with van der Waals surface area (Å²) in [6.07, 6.45) is -0.681. The van der Waals surface area contributed by atoms with Crippen molar-refractivity contribution in [3.05, 3.63) is 71.3 Å². The molecule has 26 heavy (non-hydrogen) atoms. The van der Waals surface area contributed by atoms with Gasteiger partial charge in [-0.2, -0.15) is 0 Å². The van der Waals surface area contributed by atoms with E-state index < -0.39 is 17.6 Å². The number of carbonyl (C=O) groups is 2. The molecule has 0 bridgehead atoms. The van der Waals surface area contributed by atoms with Crippen molar-refractivity contribution in [2.45, 2.75) is 25.7 Å². The van der Waals surface area contributed by atoms with E-state index in [0.29, 0.717) is 12.2 Å². The molecule has 1 atom stereocenters. The van der Waals surface area contributed by atoms with Gasteiger partial charge in [0.2, 0.25) is 0 Å². The normalized spacial score (nSPS) is 18.7. The molecule has 6 heteroatoms. The zero-order chi connectivity index (χ0) is 18.6. The maximum absolute atomic E-state index is 12.8. The van der Waals surface area contributed by atoms with E-state index >= 15 is 0 Å². The van der Waals surface area contributed by atoms with E-state index in [9.17, 15) is 14.7 Å². The molecule has 0 saturated carbocycles. The van der Waals surface area contributed by atoms with Gasteiger partial charge in [-0.3, -0.25) is 4.90 Å². The number of carboxylic acids is 1. The van der Waals surface area contributed by atoms with Crippen molar-refractivity contribution < 1.29 is 24.2 Å². The van der Waals surface area contributed by atoms with Gasteiger partial charge in [-0.25, -0.2) is 9.59 Å². The van der Waals surface area contributed by atoms with E-state index in [2.05, 4.69) is 0 Å². The number of hydrogen-bond donors (Lipinski definition) is 1. The number of amides is 1. The maximum Gasteiger partial charge on any atom is 0.411 e. The third kappa shape index (κ3) is 3.15. The quantitative estimate of drug-likeness (QED) is 0.892. The van der Waals surface area contributed by atoms with Crippen molar-refractivity contribution in [2.24, 2.45) is 0 Å². The number of likely N-dealkylation sites (N-methyl/N-ethyl adjacent to an activating group) is 1. The van der Waals surface area contributed by atoms with E-state index in [1.54, 1.807) is 19.1 Å².